The molecule has 5 heteroatoms. The molecule has 1 N–H and O–H groups in total. The third-order valence-electron chi connectivity index (χ3n) is 3.26. The van der Waals surface area contributed by atoms with Crippen molar-refractivity contribution in [2.75, 3.05) is 5.32 Å². The van der Waals surface area contributed by atoms with E-state index in [0.717, 1.165) is 28.8 Å². The van der Waals surface area contributed by atoms with E-state index < -0.39 is 0 Å². The standard InChI is InChI=1S/C15H13N3O2/c1-2-5-18-12(9-19)8-14(17-18)10-3-4-13-11(6-10)7-15(20)16-13/h2-4,6,8-9H,1,5,7H2,(H,16,20). The van der Waals surface area contributed by atoms with E-state index in [9.17, 15) is 9.59 Å². The van der Waals surface area contributed by atoms with Crippen LogP contribution < -0.4 is 5.32 Å². The molecule has 100 valence electrons. The minimum atomic E-state index is 0.00270. The van der Waals surface area contributed by atoms with Crippen molar-refractivity contribution >= 4 is 17.9 Å². The molecule has 1 aliphatic heterocycles. The Balaban J connectivity index is 2.01. The highest BCUT2D eigenvalue weighted by molar-refractivity contribution is 5.99. The van der Waals surface area contributed by atoms with E-state index in [4.69, 9.17) is 0 Å². The SMILES string of the molecule is C=CCn1nc(-c2ccc3c(c2)CC(=O)N3)cc1C=O. The van der Waals surface area contributed by atoms with Crippen molar-refractivity contribution < 1.29 is 9.59 Å². The number of carbonyl (C=O) groups is 2. The summed E-state index contributed by atoms with van der Waals surface area (Å²) in [5.74, 6) is 0.00270. The van der Waals surface area contributed by atoms with E-state index in [0.29, 0.717) is 18.7 Å². The van der Waals surface area contributed by atoms with E-state index in [1.54, 1.807) is 16.8 Å². The van der Waals surface area contributed by atoms with E-state index in [1.165, 1.54) is 0 Å². The molecule has 0 fully saturated rings. The topological polar surface area (TPSA) is 64.0 Å². The molecule has 2 heterocycles. The van der Waals surface area contributed by atoms with Gasteiger partial charge in [0.2, 0.25) is 5.91 Å². The molecule has 2 aromatic rings. The molecule has 1 aliphatic rings. The summed E-state index contributed by atoms with van der Waals surface area (Å²) < 4.78 is 1.60. The van der Waals surface area contributed by atoms with Crippen LogP contribution in [0.3, 0.4) is 0 Å². The third kappa shape index (κ3) is 2.03. The number of carbonyl (C=O) groups excluding carboxylic acids is 2. The van der Waals surface area contributed by atoms with Gasteiger partial charge in [0.05, 0.1) is 18.7 Å². The molecule has 0 bridgehead atoms. The molecule has 0 saturated carbocycles. The van der Waals surface area contributed by atoms with Gasteiger partial charge in [-0.1, -0.05) is 12.1 Å². The number of benzene rings is 1. The van der Waals surface area contributed by atoms with Crippen LogP contribution in [0.1, 0.15) is 16.1 Å². The second-order valence-electron chi connectivity index (χ2n) is 4.64. The molecular formula is C15H13N3O2. The molecular weight excluding hydrogens is 254 g/mol. The molecule has 0 unspecified atom stereocenters. The molecule has 0 radical (unpaired) electrons. The van der Waals surface area contributed by atoms with Crippen molar-refractivity contribution in [1.82, 2.24) is 9.78 Å². The zero-order valence-electron chi connectivity index (χ0n) is 10.8. The van der Waals surface area contributed by atoms with Crippen LogP contribution in [0.15, 0.2) is 36.9 Å². The van der Waals surface area contributed by atoms with Crippen LogP contribution in [0.25, 0.3) is 11.3 Å². The lowest BCUT2D eigenvalue weighted by Gasteiger charge is -2.01. The lowest BCUT2D eigenvalue weighted by Crippen LogP contribution is -2.03. The normalized spacial score (nSPS) is 12.9. The summed E-state index contributed by atoms with van der Waals surface area (Å²) in [6.07, 6.45) is 2.85. The molecule has 0 aliphatic carbocycles. The molecule has 0 saturated heterocycles. The van der Waals surface area contributed by atoms with Gasteiger partial charge < -0.3 is 5.32 Å². The van der Waals surface area contributed by atoms with Gasteiger partial charge in [-0.15, -0.1) is 6.58 Å². The zero-order chi connectivity index (χ0) is 14.1. The fraction of sp³-hybridized carbons (Fsp3) is 0.133. The Bertz CT molecular complexity index is 716. The highest BCUT2D eigenvalue weighted by Gasteiger charge is 2.18. The Morgan fingerprint density at radius 3 is 3.00 bits per heavy atom. The maximum absolute atomic E-state index is 11.3. The number of amides is 1. The average molecular weight is 267 g/mol. The van der Waals surface area contributed by atoms with E-state index in [-0.39, 0.29) is 5.91 Å². The van der Waals surface area contributed by atoms with Crippen molar-refractivity contribution in [3.05, 3.63) is 48.2 Å². The number of rotatable bonds is 4. The maximum atomic E-state index is 11.3. The molecule has 1 aromatic carbocycles. The second-order valence-corrected chi connectivity index (χ2v) is 4.64. The van der Waals surface area contributed by atoms with Crippen molar-refractivity contribution in [1.29, 1.82) is 0 Å². The summed E-state index contributed by atoms with van der Waals surface area (Å²) in [5.41, 5.74) is 3.93. The molecule has 20 heavy (non-hydrogen) atoms. The molecule has 3 rings (SSSR count). The Hall–Kier alpha value is -2.69. The van der Waals surface area contributed by atoms with E-state index in [2.05, 4.69) is 17.0 Å². The fourth-order valence-corrected chi connectivity index (χ4v) is 2.32. The number of hydrogen-bond acceptors (Lipinski definition) is 3. The monoisotopic (exact) mass is 267 g/mol. The first-order valence-corrected chi connectivity index (χ1v) is 6.28. The Morgan fingerprint density at radius 2 is 2.25 bits per heavy atom. The van der Waals surface area contributed by atoms with Gasteiger partial charge in [0.15, 0.2) is 6.29 Å². The van der Waals surface area contributed by atoms with Crippen LogP contribution >= 0.6 is 0 Å². The molecule has 0 atom stereocenters. The minimum absolute atomic E-state index is 0.00270. The average Bonchev–Trinajstić information content (AvgIpc) is 3.00. The third-order valence-corrected chi connectivity index (χ3v) is 3.26. The number of nitrogens with zero attached hydrogens (tertiary/aromatic N) is 2. The number of hydrogen-bond donors (Lipinski definition) is 1. The van der Waals surface area contributed by atoms with E-state index in [1.807, 2.05) is 18.2 Å². The number of anilines is 1. The first kappa shape index (κ1) is 12.3. The van der Waals surface area contributed by atoms with Gasteiger partial charge >= 0.3 is 0 Å². The number of aldehydes is 1. The number of aromatic nitrogens is 2. The van der Waals surface area contributed by atoms with Crippen LogP contribution in [0.2, 0.25) is 0 Å². The summed E-state index contributed by atoms with van der Waals surface area (Å²) >= 11 is 0. The van der Waals surface area contributed by atoms with Crippen LogP contribution in [-0.4, -0.2) is 22.0 Å². The zero-order valence-corrected chi connectivity index (χ0v) is 10.8. The Labute approximate surface area is 115 Å². The van der Waals surface area contributed by atoms with Gasteiger partial charge in [-0.05, 0) is 23.8 Å². The lowest BCUT2D eigenvalue weighted by molar-refractivity contribution is -0.115. The summed E-state index contributed by atoms with van der Waals surface area (Å²) in [5, 5.41) is 7.18. The smallest absolute Gasteiger partial charge is 0.228 e. The van der Waals surface area contributed by atoms with E-state index >= 15 is 0 Å². The summed E-state index contributed by atoms with van der Waals surface area (Å²) in [6.45, 7) is 4.13. The Morgan fingerprint density at radius 1 is 1.40 bits per heavy atom. The van der Waals surface area contributed by atoms with Crippen molar-refractivity contribution in [2.45, 2.75) is 13.0 Å². The van der Waals surface area contributed by atoms with Crippen molar-refractivity contribution in [3.63, 3.8) is 0 Å². The highest BCUT2D eigenvalue weighted by Crippen LogP contribution is 2.28. The minimum Gasteiger partial charge on any atom is -0.326 e. The largest absolute Gasteiger partial charge is 0.326 e. The summed E-state index contributed by atoms with van der Waals surface area (Å²) in [7, 11) is 0. The first-order valence-electron chi connectivity index (χ1n) is 6.28. The van der Waals surface area contributed by atoms with Crippen molar-refractivity contribution in [2.24, 2.45) is 0 Å². The Kier molecular flexibility index (Phi) is 2.95. The fourth-order valence-electron chi connectivity index (χ4n) is 2.32. The molecule has 1 amide bonds. The predicted octanol–water partition coefficient (Wildman–Crippen LogP) is 2.04. The predicted molar refractivity (Wildman–Crippen MR) is 75.6 cm³/mol. The highest BCUT2D eigenvalue weighted by atomic mass is 16.1. The lowest BCUT2D eigenvalue weighted by atomic mass is 10.1. The molecule has 1 aromatic heterocycles. The van der Waals surface area contributed by atoms with Gasteiger partial charge in [-0.3, -0.25) is 14.3 Å². The van der Waals surface area contributed by atoms with Gasteiger partial charge in [-0.2, -0.15) is 5.10 Å². The van der Waals surface area contributed by atoms with Crippen LogP contribution in [0, 0.1) is 0 Å². The van der Waals surface area contributed by atoms with Crippen LogP contribution in [0.4, 0.5) is 5.69 Å². The molecule has 5 nitrogen and oxygen atoms in total. The quantitative estimate of drug-likeness (QED) is 0.681. The summed E-state index contributed by atoms with van der Waals surface area (Å²) in [6, 6.07) is 7.42. The number of allylic oxidation sites excluding steroid dienone is 1. The van der Waals surface area contributed by atoms with Crippen LogP contribution in [-0.2, 0) is 17.8 Å². The van der Waals surface area contributed by atoms with Gasteiger partial charge in [0, 0.05) is 11.3 Å². The van der Waals surface area contributed by atoms with Gasteiger partial charge in [0.1, 0.15) is 5.69 Å². The number of nitrogens with one attached hydrogen (secondary N) is 1. The maximum Gasteiger partial charge on any atom is 0.228 e. The van der Waals surface area contributed by atoms with Gasteiger partial charge in [0.25, 0.3) is 0 Å². The first-order chi connectivity index (χ1) is 9.71. The van der Waals surface area contributed by atoms with Gasteiger partial charge in [-0.25, -0.2) is 0 Å². The molecule has 0 spiro atoms. The second kappa shape index (κ2) is 4.77. The van der Waals surface area contributed by atoms with Crippen LogP contribution in [0.5, 0.6) is 0 Å². The summed E-state index contributed by atoms with van der Waals surface area (Å²) in [4.78, 5) is 22.4. The van der Waals surface area contributed by atoms with Crippen molar-refractivity contribution in [3.8, 4) is 11.3 Å². The number of fused-ring (bicyclic) bond motifs is 1.